The van der Waals surface area contributed by atoms with Gasteiger partial charge >= 0.3 is 0 Å². The Balaban J connectivity index is 1.73. The molecule has 31 heavy (non-hydrogen) atoms. The van der Waals surface area contributed by atoms with Crippen LogP contribution in [0.2, 0.25) is 0 Å². The third-order valence-electron chi connectivity index (χ3n) is 5.22. The number of aliphatic imine (C=N–C) groups is 1. The topological polar surface area (TPSA) is 90.0 Å². The highest BCUT2D eigenvalue weighted by Crippen LogP contribution is 2.33. The summed E-state index contributed by atoms with van der Waals surface area (Å²) in [6.45, 7) is 4.36. The zero-order valence-electron chi connectivity index (χ0n) is 16.4. The standard InChI is InChI=1S/C21H19BrF2N4O3/c1-2-11(22)7-26-19(24)18-10-30-4-3-28(18)21(29)13-5-12-14-8-31-9-15(14)20(25)27-17(12)6-16(13)23/h2,5-7,18H,1,3-4,8-10H2,(H2,25,27)/b11-7+,26-19-/t18-/m1/s1. The summed E-state index contributed by atoms with van der Waals surface area (Å²) in [7, 11) is 0. The Morgan fingerprint density at radius 2 is 2.13 bits per heavy atom. The van der Waals surface area contributed by atoms with Crippen molar-refractivity contribution in [2.75, 3.05) is 25.5 Å². The molecule has 2 aliphatic heterocycles. The first kappa shape index (κ1) is 21.5. The smallest absolute Gasteiger partial charge is 0.257 e. The quantitative estimate of drug-likeness (QED) is 0.519. The molecule has 1 saturated heterocycles. The van der Waals surface area contributed by atoms with E-state index in [1.54, 1.807) is 0 Å². The fourth-order valence-electron chi connectivity index (χ4n) is 3.62. The fourth-order valence-corrected chi connectivity index (χ4v) is 3.72. The first-order chi connectivity index (χ1) is 14.9. The van der Waals surface area contributed by atoms with Crippen LogP contribution in [-0.2, 0) is 22.7 Å². The second-order valence-electron chi connectivity index (χ2n) is 7.06. The molecule has 1 aromatic carbocycles. The molecule has 0 saturated carbocycles. The summed E-state index contributed by atoms with van der Waals surface area (Å²) in [4.78, 5) is 22.4. The van der Waals surface area contributed by atoms with Crippen LogP contribution in [-0.4, -0.2) is 47.6 Å². The van der Waals surface area contributed by atoms with E-state index >= 15 is 0 Å². The lowest BCUT2D eigenvalue weighted by Crippen LogP contribution is -2.51. The van der Waals surface area contributed by atoms with Gasteiger partial charge in [-0.3, -0.25) is 4.79 Å². The van der Waals surface area contributed by atoms with Gasteiger partial charge in [0.1, 0.15) is 17.7 Å². The van der Waals surface area contributed by atoms with Crippen molar-refractivity contribution >= 4 is 44.5 Å². The lowest BCUT2D eigenvalue weighted by molar-refractivity contribution is 0.0137. The summed E-state index contributed by atoms with van der Waals surface area (Å²) in [6.07, 6.45) is 2.68. The number of hydrogen-bond donors (Lipinski definition) is 1. The number of carbonyl (C=O) groups excluding carboxylic acids is 1. The number of allylic oxidation sites excluding steroid dienone is 2. The Bertz CT molecular complexity index is 1140. The average molecular weight is 493 g/mol. The van der Waals surface area contributed by atoms with E-state index in [1.165, 1.54) is 29.3 Å². The Kier molecular flexibility index (Phi) is 6.12. The van der Waals surface area contributed by atoms with E-state index < -0.39 is 23.7 Å². The number of halogens is 3. The number of aromatic nitrogens is 1. The molecular weight excluding hydrogens is 474 g/mol. The number of carbonyl (C=O) groups is 1. The summed E-state index contributed by atoms with van der Waals surface area (Å²) < 4.78 is 40.9. The van der Waals surface area contributed by atoms with Crippen LogP contribution in [0.15, 0.2) is 40.5 Å². The van der Waals surface area contributed by atoms with E-state index in [0.717, 1.165) is 11.1 Å². The number of morpholine rings is 1. The number of fused-ring (bicyclic) bond motifs is 3. The van der Waals surface area contributed by atoms with Crippen molar-refractivity contribution in [2.24, 2.45) is 4.99 Å². The Morgan fingerprint density at radius 1 is 1.35 bits per heavy atom. The van der Waals surface area contributed by atoms with Gasteiger partial charge in [-0.25, -0.2) is 14.4 Å². The van der Waals surface area contributed by atoms with Crippen molar-refractivity contribution in [3.05, 3.63) is 58.0 Å². The van der Waals surface area contributed by atoms with Gasteiger partial charge in [-0.15, -0.1) is 0 Å². The van der Waals surface area contributed by atoms with Crippen molar-refractivity contribution in [1.82, 2.24) is 9.88 Å². The molecule has 2 aromatic rings. The molecule has 0 unspecified atom stereocenters. The minimum Gasteiger partial charge on any atom is -0.383 e. The first-order valence-electron chi connectivity index (χ1n) is 9.49. The van der Waals surface area contributed by atoms with Gasteiger partial charge in [0.2, 0.25) is 5.97 Å². The number of benzene rings is 1. The van der Waals surface area contributed by atoms with E-state index in [2.05, 4.69) is 32.5 Å². The van der Waals surface area contributed by atoms with Crippen molar-refractivity contribution in [3.63, 3.8) is 0 Å². The molecule has 0 bridgehead atoms. The van der Waals surface area contributed by atoms with Crippen LogP contribution in [0, 0.1) is 5.82 Å². The zero-order valence-corrected chi connectivity index (χ0v) is 18.0. The van der Waals surface area contributed by atoms with E-state index in [1.807, 2.05) is 0 Å². The van der Waals surface area contributed by atoms with Gasteiger partial charge in [-0.1, -0.05) is 12.7 Å². The molecule has 1 atom stereocenters. The molecule has 7 nitrogen and oxygen atoms in total. The second-order valence-corrected chi connectivity index (χ2v) is 7.97. The Morgan fingerprint density at radius 3 is 2.90 bits per heavy atom. The Labute approximate surface area is 185 Å². The molecule has 1 fully saturated rings. The van der Waals surface area contributed by atoms with Crippen molar-refractivity contribution in [2.45, 2.75) is 19.3 Å². The van der Waals surface area contributed by atoms with Crippen LogP contribution in [0.3, 0.4) is 0 Å². The van der Waals surface area contributed by atoms with E-state index in [-0.39, 0.29) is 31.1 Å². The predicted molar refractivity (Wildman–Crippen MR) is 116 cm³/mol. The van der Waals surface area contributed by atoms with Crippen molar-refractivity contribution in [1.29, 1.82) is 0 Å². The predicted octanol–water partition coefficient (Wildman–Crippen LogP) is 3.62. The molecule has 162 valence electrons. The van der Waals surface area contributed by atoms with Crippen LogP contribution in [0.4, 0.5) is 14.6 Å². The lowest BCUT2D eigenvalue weighted by atomic mass is 10.0. The molecular formula is C21H19BrF2N4O3. The van der Waals surface area contributed by atoms with Gasteiger partial charge in [0, 0.05) is 34.2 Å². The summed E-state index contributed by atoms with van der Waals surface area (Å²) in [5.41, 5.74) is 7.61. The van der Waals surface area contributed by atoms with Crippen LogP contribution < -0.4 is 5.73 Å². The minimum atomic E-state index is -1.07. The number of nitrogen functional groups attached to an aromatic ring is 1. The monoisotopic (exact) mass is 492 g/mol. The molecule has 10 heteroatoms. The third kappa shape index (κ3) is 4.10. The maximum atomic E-state index is 14.9. The highest BCUT2D eigenvalue weighted by atomic mass is 79.9. The molecule has 1 aromatic heterocycles. The molecule has 1 amide bonds. The van der Waals surface area contributed by atoms with Crippen LogP contribution >= 0.6 is 15.9 Å². The van der Waals surface area contributed by atoms with E-state index in [0.29, 0.717) is 28.6 Å². The first-order valence-corrected chi connectivity index (χ1v) is 10.3. The van der Waals surface area contributed by atoms with Gasteiger partial charge in [0.05, 0.1) is 37.5 Å². The number of anilines is 1. The summed E-state index contributed by atoms with van der Waals surface area (Å²) in [6, 6.07) is 1.53. The van der Waals surface area contributed by atoms with Gasteiger partial charge in [-0.2, -0.15) is 4.39 Å². The minimum absolute atomic E-state index is 0.0862. The lowest BCUT2D eigenvalue weighted by Gasteiger charge is -2.34. The molecule has 0 radical (unpaired) electrons. The number of amides is 1. The fraction of sp³-hybridized carbons (Fsp3) is 0.286. The van der Waals surface area contributed by atoms with Gasteiger partial charge in [0.25, 0.3) is 5.91 Å². The van der Waals surface area contributed by atoms with Gasteiger partial charge < -0.3 is 20.1 Å². The van der Waals surface area contributed by atoms with E-state index in [9.17, 15) is 13.6 Å². The highest BCUT2D eigenvalue weighted by molar-refractivity contribution is 9.11. The number of nitrogens with zero attached hydrogens (tertiary/aromatic N) is 3. The molecule has 3 heterocycles. The molecule has 2 aliphatic rings. The van der Waals surface area contributed by atoms with Gasteiger partial charge in [-0.05, 0) is 27.6 Å². The average Bonchev–Trinajstić information content (AvgIpc) is 3.27. The molecule has 0 aliphatic carbocycles. The zero-order chi connectivity index (χ0) is 22.1. The number of pyridine rings is 1. The molecule has 4 rings (SSSR count). The SMILES string of the molecule is C=C/C(Br)=C\N=C(/F)[C@H]1COCCN1C(=O)c1cc2c3c(c(N)nc2cc1F)COC3. The second kappa shape index (κ2) is 8.81. The number of hydrogen-bond acceptors (Lipinski definition) is 6. The summed E-state index contributed by atoms with van der Waals surface area (Å²) in [5.74, 6) is -1.96. The van der Waals surface area contributed by atoms with Crippen molar-refractivity contribution in [3.8, 4) is 0 Å². The highest BCUT2D eigenvalue weighted by Gasteiger charge is 2.34. The van der Waals surface area contributed by atoms with Crippen LogP contribution in [0.5, 0.6) is 0 Å². The Hall–Kier alpha value is -2.69. The summed E-state index contributed by atoms with van der Waals surface area (Å²) >= 11 is 3.15. The normalized spacial score (nSPS) is 19.6. The van der Waals surface area contributed by atoms with E-state index in [4.69, 9.17) is 15.2 Å². The molecule has 2 N–H and O–H groups in total. The largest absolute Gasteiger partial charge is 0.383 e. The van der Waals surface area contributed by atoms with Crippen LogP contribution in [0.25, 0.3) is 10.9 Å². The van der Waals surface area contributed by atoms with Crippen LogP contribution in [0.1, 0.15) is 21.5 Å². The number of nitrogens with two attached hydrogens (primary N) is 1. The number of ether oxygens (including phenoxy) is 2. The molecule has 0 spiro atoms. The van der Waals surface area contributed by atoms with Gasteiger partial charge in [0.15, 0.2) is 0 Å². The summed E-state index contributed by atoms with van der Waals surface area (Å²) in [5, 5.41) is 0.586. The third-order valence-corrected chi connectivity index (χ3v) is 5.75. The maximum Gasteiger partial charge on any atom is 0.257 e. The maximum absolute atomic E-state index is 14.9. The van der Waals surface area contributed by atoms with Crippen molar-refractivity contribution < 1.29 is 23.0 Å². The number of rotatable bonds is 4.